The smallest absolute Gasteiger partial charge is 0.306 e. The average molecular weight is 440 g/mol. The molecule has 3 rings (SSSR count). The molecule has 174 valence electrons. The van der Waals surface area contributed by atoms with Gasteiger partial charge in [0.2, 0.25) is 0 Å². The first kappa shape index (κ1) is 24.1. The molecule has 0 saturated heterocycles. The standard InChI is InChI=1S/C27H37NO4/c1-8-30-24-21-15-20(28-17-19-11-9-18(2)10-12-19)13-14-22(21)32-27(6,7)25(24)31-23(29)16-26(3,4)5/h9-15,24-25,28H,8,16-17H2,1-7H3. The number of benzene rings is 2. The Morgan fingerprint density at radius 2 is 1.81 bits per heavy atom. The van der Waals surface area contributed by atoms with Gasteiger partial charge in [-0.3, -0.25) is 4.79 Å². The van der Waals surface area contributed by atoms with Crippen LogP contribution in [0.1, 0.15) is 70.8 Å². The van der Waals surface area contributed by atoms with Crippen molar-refractivity contribution in [3.05, 3.63) is 59.2 Å². The van der Waals surface area contributed by atoms with Crippen LogP contribution in [-0.4, -0.2) is 24.3 Å². The molecule has 0 saturated carbocycles. The molecule has 0 radical (unpaired) electrons. The van der Waals surface area contributed by atoms with Crippen LogP contribution in [0.3, 0.4) is 0 Å². The van der Waals surface area contributed by atoms with E-state index in [1.165, 1.54) is 11.1 Å². The van der Waals surface area contributed by atoms with Gasteiger partial charge in [0.25, 0.3) is 0 Å². The maximum Gasteiger partial charge on any atom is 0.306 e. The van der Waals surface area contributed by atoms with Crippen LogP contribution in [0.25, 0.3) is 0 Å². The topological polar surface area (TPSA) is 56.8 Å². The zero-order valence-corrected chi connectivity index (χ0v) is 20.5. The fourth-order valence-corrected chi connectivity index (χ4v) is 3.93. The Morgan fingerprint density at radius 3 is 2.44 bits per heavy atom. The highest BCUT2D eigenvalue weighted by atomic mass is 16.6. The first-order valence-electron chi connectivity index (χ1n) is 11.4. The Hall–Kier alpha value is -2.53. The van der Waals surface area contributed by atoms with Crippen LogP contribution in [0.15, 0.2) is 42.5 Å². The predicted molar refractivity (Wildman–Crippen MR) is 128 cm³/mol. The maximum absolute atomic E-state index is 12.7. The lowest BCUT2D eigenvalue weighted by molar-refractivity contribution is -0.185. The highest BCUT2D eigenvalue weighted by molar-refractivity contribution is 5.70. The van der Waals surface area contributed by atoms with Crippen molar-refractivity contribution in [1.29, 1.82) is 0 Å². The molecule has 2 aromatic carbocycles. The Morgan fingerprint density at radius 1 is 1.12 bits per heavy atom. The molecule has 0 bridgehead atoms. The van der Waals surface area contributed by atoms with Gasteiger partial charge in [0, 0.05) is 24.4 Å². The van der Waals surface area contributed by atoms with Crippen molar-refractivity contribution < 1.29 is 19.0 Å². The van der Waals surface area contributed by atoms with Gasteiger partial charge in [-0.15, -0.1) is 0 Å². The minimum Gasteiger partial charge on any atom is -0.483 e. The molecule has 2 aromatic rings. The number of anilines is 1. The minimum atomic E-state index is -0.711. The van der Waals surface area contributed by atoms with Gasteiger partial charge < -0.3 is 19.5 Å². The molecular weight excluding hydrogens is 402 g/mol. The Balaban J connectivity index is 1.84. The molecular formula is C27H37NO4. The van der Waals surface area contributed by atoms with Crippen LogP contribution < -0.4 is 10.1 Å². The first-order valence-corrected chi connectivity index (χ1v) is 11.4. The number of hydrogen-bond donors (Lipinski definition) is 1. The second kappa shape index (κ2) is 9.53. The van der Waals surface area contributed by atoms with E-state index < -0.39 is 17.8 Å². The summed E-state index contributed by atoms with van der Waals surface area (Å²) < 4.78 is 18.4. The molecule has 0 aromatic heterocycles. The predicted octanol–water partition coefficient (Wildman–Crippen LogP) is 6.20. The number of carbonyl (C=O) groups excluding carboxylic acids is 1. The normalized spacial score (nSPS) is 19.6. The Labute approximate surface area is 192 Å². The van der Waals surface area contributed by atoms with Crippen molar-refractivity contribution in [3.63, 3.8) is 0 Å². The lowest BCUT2D eigenvalue weighted by atomic mass is 9.87. The van der Waals surface area contributed by atoms with E-state index in [-0.39, 0.29) is 11.4 Å². The summed E-state index contributed by atoms with van der Waals surface area (Å²) in [5.41, 5.74) is 3.46. The van der Waals surface area contributed by atoms with Crippen molar-refractivity contribution in [2.45, 2.75) is 79.2 Å². The summed E-state index contributed by atoms with van der Waals surface area (Å²) in [6.07, 6.45) is -0.607. The zero-order chi connectivity index (χ0) is 23.5. The average Bonchev–Trinajstić information content (AvgIpc) is 2.69. The van der Waals surface area contributed by atoms with Gasteiger partial charge in [0.05, 0.1) is 6.42 Å². The van der Waals surface area contributed by atoms with Crippen molar-refractivity contribution in [2.75, 3.05) is 11.9 Å². The number of ether oxygens (including phenoxy) is 3. The minimum absolute atomic E-state index is 0.150. The van der Waals surface area contributed by atoms with Crippen LogP contribution in [0.4, 0.5) is 5.69 Å². The fraction of sp³-hybridized carbons (Fsp3) is 0.519. The van der Waals surface area contributed by atoms with Gasteiger partial charge in [0.15, 0.2) is 6.10 Å². The number of carbonyl (C=O) groups is 1. The molecule has 2 unspecified atom stereocenters. The third-order valence-corrected chi connectivity index (χ3v) is 5.55. The van der Waals surface area contributed by atoms with Crippen LogP contribution >= 0.6 is 0 Å². The Kier molecular flexibility index (Phi) is 7.19. The van der Waals surface area contributed by atoms with E-state index in [1.807, 2.05) is 59.7 Å². The quantitative estimate of drug-likeness (QED) is 0.520. The summed E-state index contributed by atoms with van der Waals surface area (Å²) in [7, 11) is 0. The van der Waals surface area contributed by atoms with Crippen LogP contribution in [-0.2, 0) is 20.8 Å². The lowest BCUT2D eigenvalue weighted by Crippen LogP contribution is -2.52. The van der Waals surface area contributed by atoms with Gasteiger partial charge in [-0.2, -0.15) is 0 Å². The molecule has 0 aliphatic carbocycles. The van der Waals surface area contributed by atoms with Crippen LogP contribution in [0.2, 0.25) is 0 Å². The zero-order valence-electron chi connectivity index (χ0n) is 20.5. The highest BCUT2D eigenvalue weighted by Crippen LogP contribution is 2.44. The molecule has 32 heavy (non-hydrogen) atoms. The van der Waals surface area contributed by atoms with Gasteiger partial charge in [-0.1, -0.05) is 50.6 Å². The van der Waals surface area contributed by atoms with E-state index in [0.717, 1.165) is 17.0 Å². The fourth-order valence-electron chi connectivity index (χ4n) is 3.93. The van der Waals surface area contributed by atoms with Crippen molar-refractivity contribution >= 4 is 11.7 Å². The van der Waals surface area contributed by atoms with Crippen LogP contribution in [0.5, 0.6) is 5.75 Å². The summed E-state index contributed by atoms with van der Waals surface area (Å²) in [6, 6.07) is 14.5. The second-order valence-corrected chi connectivity index (χ2v) is 10.3. The summed E-state index contributed by atoms with van der Waals surface area (Å²) in [5.74, 6) is 0.526. The number of nitrogens with one attached hydrogen (secondary N) is 1. The van der Waals surface area contributed by atoms with Gasteiger partial charge in [-0.05, 0) is 56.9 Å². The summed E-state index contributed by atoms with van der Waals surface area (Å²) >= 11 is 0. The molecule has 1 heterocycles. The van der Waals surface area contributed by atoms with E-state index in [1.54, 1.807) is 0 Å². The molecule has 5 nitrogen and oxygen atoms in total. The first-order chi connectivity index (χ1) is 15.0. The molecule has 2 atom stereocenters. The lowest BCUT2D eigenvalue weighted by Gasteiger charge is -2.44. The van der Waals surface area contributed by atoms with E-state index in [4.69, 9.17) is 14.2 Å². The maximum atomic E-state index is 12.7. The number of rotatable bonds is 7. The van der Waals surface area contributed by atoms with Crippen molar-refractivity contribution in [3.8, 4) is 5.75 Å². The Bertz CT molecular complexity index is 928. The van der Waals surface area contributed by atoms with Crippen molar-refractivity contribution in [1.82, 2.24) is 0 Å². The summed E-state index contributed by atoms with van der Waals surface area (Å²) in [6.45, 7) is 15.2. The highest BCUT2D eigenvalue weighted by Gasteiger charge is 2.47. The van der Waals surface area contributed by atoms with Gasteiger partial charge >= 0.3 is 5.97 Å². The number of hydrogen-bond acceptors (Lipinski definition) is 5. The molecule has 1 aliphatic rings. The third kappa shape index (κ3) is 6.04. The van der Waals surface area contributed by atoms with Gasteiger partial charge in [-0.25, -0.2) is 0 Å². The molecule has 0 fully saturated rings. The molecule has 1 N–H and O–H groups in total. The molecule has 1 aliphatic heterocycles. The van der Waals surface area contributed by atoms with E-state index in [9.17, 15) is 4.79 Å². The van der Waals surface area contributed by atoms with Crippen molar-refractivity contribution in [2.24, 2.45) is 5.41 Å². The second-order valence-electron chi connectivity index (χ2n) is 10.3. The van der Waals surface area contributed by atoms with Gasteiger partial charge in [0.1, 0.15) is 17.5 Å². The van der Waals surface area contributed by atoms with Crippen LogP contribution in [0, 0.1) is 12.3 Å². The monoisotopic (exact) mass is 439 g/mol. The molecule has 5 heteroatoms. The van der Waals surface area contributed by atoms with E-state index in [0.29, 0.717) is 19.6 Å². The van der Waals surface area contributed by atoms with E-state index in [2.05, 4.69) is 36.5 Å². The molecule has 0 amide bonds. The summed E-state index contributed by atoms with van der Waals surface area (Å²) in [4.78, 5) is 12.7. The number of fused-ring (bicyclic) bond motifs is 1. The third-order valence-electron chi connectivity index (χ3n) is 5.55. The largest absolute Gasteiger partial charge is 0.483 e. The number of esters is 1. The summed E-state index contributed by atoms with van der Waals surface area (Å²) in [5, 5.41) is 3.48. The number of aryl methyl sites for hydroxylation is 1. The van der Waals surface area contributed by atoms with E-state index >= 15 is 0 Å². The molecule has 0 spiro atoms. The SMILES string of the molecule is CCOC1c2cc(NCc3ccc(C)cc3)ccc2OC(C)(C)C1OC(=O)CC(C)(C)C.